The Kier molecular flexibility index (Phi) is 2.69. The second-order valence-electron chi connectivity index (χ2n) is 3.38. The summed E-state index contributed by atoms with van der Waals surface area (Å²) in [6.45, 7) is 3.85. The monoisotopic (exact) mass is 246 g/mol. The first-order valence-corrected chi connectivity index (χ1v) is 5.36. The molecule has 0 aromatic heterocycles. The summed E-state index contributed by atoms with van der Waals surface area (Å²) in [5, 5.41) is 2.58. The molecule has 2 aromatic rings. The number of benzene rings is 2. The van der Waals surface area contributed by atoms with Crippen LogP contribution >= 0.6 is 15.9 Å². The van der Waals surface area contributed by atoms with Gasteiger partial charge >= 0.3 is 0 Å². The van der Waals surface area contributed by atoms with E-state index < -0.39 is 0 Å². The van der Waals surface area contributed by atoms with Crippen molar-refractivity contribution in [2.75, 3.05) is 0 Å². The van der Waals surface area contributed by atoms with Crippen molar-refractivity contribution in [1.29, 1.82) is 0 Å². The lowest BCUT2D eigenvalue weighted by Crippen LogP contribution is -1.83. The second kappa shape index (κ2) is 3.97. The number of rotatable bonds is 2. The van der Waals surface area contributed by atoms with Gasteiger partial charge in [0.15, 0.2) is 0 Å². The van der Waals surface area contributed by atoms with Crippen LogP contribution in [0, 0.1) is 0 Å². The van der Waals surface area contributed by atoms with Gasteiger partial charge in [0.05, 0.1) is 0 Å². The van der Waals surface area contributed by atoms with E-state index >= 15 is 0 Å². The molecule has 0 unspecified atom stereocenters. The molecule has 0 saturated carbocycles. The fraction of sp³-hybridized carbons (Fsp3) is 0.0769. The maximum Gasteiger partial charge on any atom is 0.00349 e. The molecule has 0 fully saturated rings. The Balaban J connectivity index is 2.46. The smallest absolute Gasteiger partial charge is 0.00349 e. The van der Waals surface area contributed by atoms with Gasteiger partial charge in [0.1, 0.15) is 0 Å². The van der Waals surface area contributed by atoms with Crippen molar-refractivity contribution >= 4 is 26.7 Å². The molecule has 0 radical (unpaired) electrons. The van der Waals surface area contributed by atoms with E-state index in [0.29, 0.717) is 0 Å². The largest absolute Gasteiger partial charge is 0.0885 e. The highest BCUT2D eigenvalue weighted by molar-refractivity contribution is 9.11. The molecule has 0 heterocycles. The second-order valence-corrected chi connectivity index (χ2v) is 4.50. The molecule has 0 aliphatic rings. The Hall–Kier alpha value is -1.08. The zero-order chi connectivity index (χ0) is 9.97. The summed E-state index contributed by atoms with van der Waals surface area (Å²) < 4.78 is 1.02. The van der Waals surface area contributed by atoms with E-state index in [1.54, 1.807) is 0 Å². The lowest BCUT2D eigenvalue weighted by Gasteiger charge is -2.02. The number of allylic oxidation sites excluding steroid dienone is 1. The summed E-state index contributed by atoms with van der Waals surface area (Å²) >= 11 is 3.38. The van der Waals surface area contributed by atoms with Crippen LogP contribution in [0.25, 0.3) is 10.8 Å². The third kappa shape index (κ3) is 2.05. The van der Waals surface area contributed by atoms with Crippen LogP contribution in [0.3, 0.4) is 0 Å². The summed E-state index contributed by atoms with van der Waals surface area (Å²) in [4.78, 5) is 0. The maximum absolute atomic E-state index is 3.85. The van der Waals surface area contributed by atoms with Crippen LogP contribution in [0.15, 0.2) is 53.5 Å². The third-order valence-corrected chi connectivity index (χ3v) is 2.49. The van der Waals surface area contributed by atoms with E-state index in [0.717, 1.165) is 10.9 Å². The predicted octanol–water partition coefficient (Wildman–Crippen LogP) is 4.29. The molecule has 0 N–H and O–H groups in total. The summed E-state index contributed by atoms with van der Waals surface area (Å²) in [7, 11) is 0. The predicted molar refractivity (Wildman–Crippen MR) is 65.7 cm³/mol. The maximum atomic E-state index is 3.85. The van der Waals surface area contributed by atoms with Crippen LogP contribution in [0.1, 0.15) is 5.56 Å². The molecule has 0 spiro atoms. The normalized spacial score (nSPS) is 10.4. The van der Waals surface area contributed by atoms with Gasteiger partial charge in [0.25, 0.3) is 0 Å². The van der Waals surface area contributed by atoms with Gasteiger partial charge < -0.3 is 0 Å². The minimum absolute atomic E-state index is 0.894. The van der Waals surface area contributed by atoms with Gasteiger partial charge in [-0.15, -0.1) is 0 Å². The van der Waals surface area contributed by atoms with Crippen molar-refractivity contribution in [2.24, 2.45) is 0 Å². The lowest BCUT2D eigenvalue weighted by molar-refractivity contribution is 1.27. The van der Waals surface area contributed by atoms with Crippen LogP contribution < -0.4 is 0 Å². The van der Waals surface area contributed by atoms with Gasteiger partial charge in [-0.1, -0.05) is 65.0 Å². The molecule has 0 bridgehead atoms. The molecule has 2 aromatic carbocycles. The first kappa shape index (κ1) is 9.47. The average Bonchev–Trinajstić information content (AvgIpc) is 2.17. The van der Waals surface area contributed by atoms with Crippen molar-refractivity contribution in [2.45, 2.75) is 6.42 Å². The van der Waals surface area contributed by atoms with Gasteiger partial charge in [0, 0.05) is 6.42 Å². The number of hydrogen-bond acceptors (Lipinski definition) is 0. The Bertz CT molecular complexity index is 471. The van der Waals surface area contributed by atoms with Crippen molar-refractivity contribution in [3.63, 3.8) is 0 Å². The first-order chi connectivity index (χ1) is 6.75. The van der Waals surface area contributed by atoms with Crippen molar-refractivity contribution in [1.82, 2.24) is 0 Å². The van der Waals surface area contributed by atoms with Crippen LogP contribution in [0.4, 0.5) is 0 Å². The molecule has 1 heteroatoms. The van der Waals surface area contributed by atoms with E-state index in [1.807, 2.05) is 0 Å². The summed E-state index contributed by atoms with van der Waals surface area (Å²) in [6, 6.07) is 14.9. The SMILES string of the molecule is C=C(Br)Cc1ccc2ccccc2c1. The topological polar surface area (TPSA) is 0 Å². The van der Waals surface area contributed by atoms with Gasteiger partial charge in [0.2, 0.25) is 0 Å². The minimum atomic E-state index is 0.894. The van der Waals surface area contributed by atoms with Gasteiger partial charge in [-0.3, -0.25) is 0 Å². The molecule has 0 saturated heterocycles. The Labute approximate surface area is 92.4 Å². The molecule has 2 rings (SSSR count). The average molecular weight is 247 g/mol. The van der Waals surface area contributed by atoms with Crippen LogP contribution in [-0.4, -0.2) is 0 Å². The van der Waals surface area contributed by atoms with Crippen LogP contribution in [-0.2, 0) is 6.42 Å². The van der Waals surface area contributed by atoms with E-state index in [9.17, 15) is 0 Å². The molecule has 0 atom stereocenters. The van der Waals surface area contributed by atoms with E-state index in [1.165, 1.54) is 16.3 Å². The van der Waals surface area contributed by atoms with Crippen LogP contribution in [0.2, 0.25) is 0 Å². The molecular weight excluding hydrogens is 236 g/mol. The summed E-state index contributed by atoms with van der Waals surface area (Å²) in [5.74, 6) is 0. The van der Waals surface area contributed by atoms with Crippen molar-refractivity contribution < 1.29 is 0 Å². The highest BCUT2D eigenvalue weighted by Crippen LogP contribution is 2.18. The Morgan fingerprint density at radius 2 is 1.79 bits per heavy atom. The fourth-order valence-electron chi connectivity index (χ4n) is 1.57. The minimum Gasteiger partial charge on any atom is -0.0885 e. The number of hydrogen-bond donors (Lipinski definition) is 0. The molecular formula is C13H11Br. The fourth-order valence-corrected chi connectivity index (χ4v) is 1.89. The van der Waals surface area contributed by atoms with Gasteiger partial charge in [-0.25, -0.2) is 0 Å². The zero-order valence-electron chi connectivity index (χ0n) is 7.83. The number of fused-ring (bicyclic) bond motifs is 1. The third-order valence-electron chi connectivity index (χ3n) is 2.21. The quantitative estimate of drug-likeness (QED) is 0.742. The van der Waals surface area contributed by atoms with Gasteiger partial charge in [-0.05, 0) is 20.8 Å². The Morgan fingerprint density at radius 3 is 2.50 bits per heavy atom. The standard InChI is InChI=1S/C13H11Br/c1-10(14)8-11-6-7-12-4-2-3-5-13(12)9-11/h2-7,9H,1,8H2. The molecule has 70 valence electrons. The molecule has 14 heavy (non-hydrogen) atoms. The lowest BCUT2D eigenvalue weighted by atomic mass is 10.1. The highest BCUT2D eigenvalue weighted by atomic mass is 79.9. The summed E-state index contributed by atoms with van der Waals surface area (Å²) in [5.41, 5.74) is 1.30. The first-order valence-electron chi connectivity index (χ1n) is 4.57. The molecule has 0 nitrogen and oxygen atoms in total. The van der Waals surface area contributed by atoms with Crippen molar-refractivity contribution in [3.8, 4) is 0 Å². The van der Waals surface area contributed by atoms with E-state index in [2.05, 4.69) is 65.0 Å². The van der Waals surface area contributed by atoms with Crippen molar-refractivity contribution in [3.05, 3.63) is 59.1 Å². The van der Waals surface area contributed by atoms with E-state index in [-0.39, 0.29) is 0 Å². The van der Waals surface area contributed by atoms with E-state index in [4.69, 9.17) is 0 Å². The zero-order valence-corrected chi connectivity index (χ0v) is 9.42. The molecule has 0 aliphatic carbocycles. The summed E-state index contributed by atoms with van der Waals surface area (Å²) in [6.07, 6.45) is 0.894. The highest BCUT2D eigenvalue weighted by Gasteiger charge is 1.96. The number of halogens is 1. The van der Waals surface area contributed by atoms with Crippen LogP contribution in [0.5, 0.6) is 0 Å². The van der Waals surface area contributed by atoms with Gasteiger partial charge in [-0.2, -0.15) is 0 Å². The molecule has 0 aliphatic heterocycles. The molecule has 0 amide bonds. The Morgan fingerprint density at radius 1 is 1.07 bits per heavy atom.